The third kappa shape index (κ3) is 4.87. The Hall–Kier alpha value is -2.12. The zero-order chi connectivity index (χ0) is 15.0. The highest BCUT2D eigenvalue weighted by Gasteiger charge is 2.19. The molecule has 1 aromatic rings. The van der Waals surface area contributed by atoms with Crippen molar-refractivity contribution in [2.45, 2.75) is 12.6 Å². The molecule has 0 aliphatic rings. The molecule has 0 saturated carbocycles. The number of carboxylic acids is 1. The lowest BCUT2D eigenvalue weighted by Crippen LogP contribution is -2.45. The average Bonchev–Trinajstić information content (AvgIpc) is 2.40. The molecule has 0 radical (unpaired) electrons. The van der Waals surface area contributed by atoms with Crippen molar-refractivity contribution < 1.29 is 19.4 Å². The van der Waals surface area contributed by atoms with E-state index in [0.29, 0.717) is 12.2 Å². The van der Waals surface area contributed by atoms with E-state index in [-0.39, 0.29) is 6.61 Å². The predicted molar refractivity (Wildman–Crippen MR) is 74.7 cm³/mol. The molecule has 7 heteroatoms. The summed E-state index contributed by atoms with van der Waals surface area (Å²) in [5.74, 6) is -1.15. The molecule has 1 unspecified atom stereocenters. The Morgan fingerprint density at radius 3 is 2.65 bits per heavy atom. The highest BCUT2D eigenvalue weighted by molar-refractivity contribution is 5.92. The van der Waals surface area contributed by atoms with Gasteiger partial charge in [0.25, 0.3) is 0 Å². The van der Waals surface area contributed by atoms with Gasteiger partial charge in [0.15, 0.2) is 6.04 Å². The maximum atomic E-state index is 11.8. The Morgan fingerprint density at radius 1 is 1.35 bits per heavy atom. The van der Waals surface area contributed by atoms with Gasteiger partial charge in [-0.3, -0.25) is 0 Å². The summed E-state index contributed by atoms with van der Waals surface area (Å²) >= 11 is 0. The van der Waals surface area contributed by atoms with Crippen molar-refractivity contribution in [3.63, 3.8) is 0 Å². The number of para-hydroxylation sites is 1. The van der Waals surface area contributed by atoms with Gasteiger partial charge in [-0.25, -0.2) is 9.59 Å². The van der Waals surface area contributed by atoms with Crippen molar-refractivity contribution in [1.29, 1.82) is 0 Å². The number of carboxylic acid groups (broad SMARTS) is 1. The van der Waals surface area contributed by atoms with E-state index in [1.165, 1.54) is 7.11 Å². The lowest BCUT2D eigenvalue weighted by atomic mass is 10.2. The first kappa shape index (κ1) is 15.9. The standard InChI is InChI=1S/C13H19N3O4/c1-14-7-9-5-3-4-6-10(9)15-13(19)16-11(8-20-2)12(17)18/h3-6,11,14H,7-8H2,1-2H3,(H,17,18)(H2,15,16,19). The van der Waals surface area contributed by atoms with Gasteiger partial charge in [0.05, 0.1) is 6.61 Å². The van der Waals surface area contributed by atoms with Crippen LogP contribution >= 0.6 is 0 Å². The Morgan fingerprint density at radius 2 is 2.05 bits per heavy atom. The molecule has 1 aromatic carbocycles. The second-order valence-corrected chi connectivity index (χ2v) is 4.13. The number of methoxy groups -OCH3 is 1. The second-order valence-electron chi connectivity index (χ2n) is 4.13. The van der Waals surface area contributed by atoms with Crippen LogP contribution in [0.4, 0.5) is 10.5 Å². The lowest BCUT2D eigenvalue weighted by molar-refractivity contribution is -0.140. The normalized spacial score (nSPS) is 11.7. The maximum Gasteiger partial charge on any atom is 0.328 e. The van der Waals surface area contributed by atoms with E-state index in [0.717, 1.165) is 5.56 Å². The van der Waals surface area contributed by atoms with E-state index >= 15 is 0 Å². The largest absolute Gasteiger partial charge is 0.480 e. The van der Waals surface area contributed by atoms with Gasteiger partial charge in [0.2, 0.25) is 0 Å². The number of hydrogen-bond acceptors (Lipinski definition) is 4. The maximum absolute atomic E-state index is 11.8. The van der Waals surface area contributed by atoms with E-state index in [1.54, 1.807) is 19.2 Å². The van der Waals surface area contributed by atoms with Gasteiger partial charge in [-0.2, -0.15) is 0 Å². The van der Waals surface area contributed by atoms with Crippen molar-refractivity contribution in [3.05, 3.63) is 29.8 Å². The first-order valence-electron chi connectivity index (χ1n) is 6.10. The number of ether oxygens (including phenoxy) is 1. The zero-order valence-electron chi connectivity index (χ0n) is 11.5. The molecular formula is C13H19N3O4. The fourth-order valence-electron chi connectivity index (χ4n) is 1.64. The number of nitrogens with one attached hydrogen (secondary N) is 3. The van der Waals surface area contributed by atoms with Gasteiger partial charge in [-0.1, -0.05) is 18.2 Å². The third-order valence-corrected chi connectivity index (χ3v) is 2.57. The minimum atomic E-state index is -1.15. The highest BCUT2D eigenvalue weighted by Crippen LogP contribution is 2.14. The molecule has 1 atom stereocenters. The lowest BCUT2D eigenvalue weighted by Gasteiger charge is -2.15. The quantitative estimate of drug-likeness (QED) is 0.587. The minimum absolute atomic E-state index is 0.0963. The van der Waals surface area contributed by atoms with Crippen molar-refractivity contribution >= 4 is 17.7 Å². The number of anilines is 1. The van der Waals surface area contributed by atoms with Crippen LogP contribution in [0.2, 0.25) is 0 Å². The fourth-order valence-corrected chi connectivity index (χ4v) is 1.64. The second kappa shape index (κ2) is 8.13. The van der Waals surface area contributed by atoms with E-state index in [2.05, 4.69) is 16.0 Å². The van der Waals surface area contributed by atoms with Crippen LogP contribution in [-0.4, -0.2) is 43.9 Å². The average molecular weight is 281 g/mol. The zero-order valence-corrected chi connectivity index (χ0v) is 11.5. The van der Waals surface area contributed by atoms with Crippen LogP contribution in [0.1, 0.15) is 5.56 Å². The van der Waals surface area contributed by atoms with Crippen LogP contribution in [0.15, 0.2) is 24.3 Å². The molecule has 4 N–H and O–H groups in total. The van der Waals surface area contributed by atoms with Gasteiger partial charge >= 0.3 is 12.0 Å². The molecule has 0 aromatic heterocycles. The first-order chi connectivity index (χ1) is 9.58. The third-order valence-electron chi connectivity index (χ3n) is 2.57. The molecule has 110 valence electrons. The number of rotatable bonds is 7. The monoisotopic (exact) mass is 281 g/mol. The van der Waals surface area contributed by atoms with Crippen LogP contribution in [0.3, 0.4) is 0 Å². The molecule has 0 aliphatic carbocycles. The molecule has 7 nitrogen and oxygen atoms in total. The molecule has 20 heavy (non-hydrogen) atoms. The number of carbonyl (C=O) groups excluding carboxylic acids is 1. The molecule has 0 heterocycles. The van der Waals surface area contributed by atoms with Gasteiger partial charge < -0.3 is 25.8 Å². The summed E-state index contributed by atoms with van der Waals surface area (Å²) in [5.41, 5.74) is 1.53. The SMILES string of the molecule is CNCc1ccccc1NC(=O)NC(COC)C(=O)O. The summed E-state index contributed by atoms with van der Waals surface area (Å²) in [4.78, 5) is 22.7. The van der Waals surface area contributed by atoms with Crippen molar-refractivity contribution in [3.8, 4) is 0 Å². The van der Waals surface area contributed by atoms with Crippen LogP contribution in [0.5, 0.6) is 0 Å². The van der Waals surface area contributed by atoms with E-state index in [4.69, 9.17) is 9.84 Å². The van der Waals surface area contributed by atoms with Crippen LogP contribution in [0.25, 0.3) is 0 Å². The van der Waals surface area contributed by atoms with Crippen LogP contribution in [0, 0.1) is 0 Å². The summed E-state index contributed by atoms with van der Waals surface area (Å²) in [7, 11) is 3.17. The molecule has 0 saturated heterocycles. The molecule has 2 amide bonds. The summed E-state index contributed by atoms with van der Waals surface area (Å²) in [6.07, 6.45) is 0. The Bertz CT molecular complexity index is 465. The fraction of sp³-hybridized carbons (Fsp3) is 0.385. The van der Waals surface area contributed by atoms with Gasteiger partial charge in [-0.05, 0) is 18.7 Å². The molecule has 0 spiro atoms. The van der Waals surface area contributed by atoms with Gasteiger partial charge in [0.1, 0.15) is 0 Å². The molecule has 0 aliphatic heterocycles. The van der Waals surface area contributed by atoms with E-state index < -0.39 is 18.0 Å². The summed E-state index contributed by atoms with van der Waals surface area (Å²) in [6.45, 7) is 0.498. The Kier molecular flexibility index (Phi) is 6.48. The topological polar surface area (TPSA) is 99.7 Å². The molecule has 1 rings (SSSR count). The van der Waals surface area contributed by atoms with Crippen LogP contribution < -0.4 is 16.0 Å². The molecule has 0 fully saturated rings. The number of aliphatic carboxylic acids is 1. The van der Waals surface area contributed by atoms with Crippen molar-refractivity contribution in [2.75, 3.05) is 26.1 Å². The van der Waals surface area contributed by atoms with Crippen molar-refractivity contribution in [1.82, 2.24) is 10.6 Å². The number of hydrogen-bond donors (Lipinski definition) is 4. The van der Waals surface area contributed by atoms with Gasteiger partial charge in [-0.15, -0.1) is 0 Å². The van der Waals surface area contributed by atoms with E-state index in [1.807, 2.05) is 12.1 Å². The highest BCUT2D eigenvalue weighted by atomic mass is 16.5. The summed E-state index contributed by atoms with van der Waals surface area (Å²) < 4.78 is 4.75. The van der Waals surface area contributed by atoms with E-state index in [9.17, 15) is 9.59 Å². The smallest absolute Gasteiger partial charge is 0.328 e. The summed E-state index contributed by atoms with van der Waals surface area (Å²) in [5, 5.41) is 16.9. The number of urea groups is 1. The minimum Gasteiger partial charge on any atom is -0.480 e. The Balaban J connectivity index is 2.68. The predicted octanol–water partition coefficient (Wildman–Crippen LogP) is 0.627. The summed E-state index contributed by atoms with van der Waals surface area (Å²) in [6, 6.07) is 5.60. The molecular weight excluding hydrogens is 262 g/mol. The Labute approximate surface area is 117 Å². The van der Waals surface area contributed by atoms with Gasteiger partial charge in [0, 0.05) is 19.3 Å². The number of amides is 2. The number of benzene rings is 1. The first-order valence-corrected chi connectivity index (χ1v) is 6.10. The van der Waals surface area contributed by atoms with Crippen LogP contribution in [-0.2, 0) is 16.1 Å². The molecule has 0 bridgehead atoms. The number of carbonyl (C=O) groups is 2. The van der Waals surface area contributed by atoms with Crippen molar-refractivity contribution in [2.24, 2.45) is 0 Å².